The summed E-state index contributed by atoms with van der Waals surface area (Å²) >= 11 is 0. The Balaban J connectivity index is 2.85. The first-order chi connectivity index (χ1) is 6.74. The van der Waals surface area contributed by atoms with E-state index in [4.69, 9.17) is 0 Å². The number of ketones is 1. The van der Waals surface area contributed by atoms with Crippen LogP contribution < -0.4 is 0 Å². The molecule has 0 aliphatic heterocycles. The fraction of sp³-hybridized carbons (Fsp3) is 0.100. The molecule has 4 nitrogen and oxygen atoms in total. The van der Waals surface area contributed by atoms with Crippen molar-refractivity contribution in [3.05, 3.63) is 35.8 Å². The fourth-order valence-corrected chi connectivity index (χ4v) is 1.39. The van der Waals surface area contributed by atoms with Gasteiger partial charge < -0.3 is 0 Å². The van der Waals surface area contributed by atoms with Crippen molar-refractivity contribution in [2.45, 2.75) is 6.92 Å². The summed E-state index contributed by atoms with van der Waals surface area (Å²) in [5, 5.41) is 0. The summed E-state index contributed by atoms with van der Waals surface area (Å²) in [4.78, 5) is 26.0. The number of aldehydes is 1. The van der Waals surface area contributed by atoms with Crippen LogP contribution in [0.5, 0.6) is 0 Å². The van der Waals surface area contributed by atoms with Gasteiger partial charge in [0.1, 0.15) is 17.0 Å². The standard InChI is InChI=1S/C10H8N2O2/c1-7(14)10-8(6-13)12-5-3-2-4-9(12)11-10/h2-6H,1H3. The van der Waals surface area contributed by atoms with Gasteiger partial charge in [-0.2, -0.15) is 0 Å². The first-order valence-corrected chi connectivity index (χ1v) is 4.17. The Labute approximate surface area is 80.2 Å². The maximum Gasteiger partial charge on any atom is 0.180 e. The van der Waals surface area contributed by atoms with Crippen molar-refractivity contribution in [2.24, 2.45) is 0 Å². The number of pyridine rings is 1. The number of hydrogen-bond donors (Lipinski definition) is 0. The van der Waals surface area contributed by atoms with Crippen LogP contribution in [0.15, 0.2) is 24.4 Å². The van der Waals surface area contributed by atoms with Crippen LogP contribution in [0.2, 0.25) is 0 Å². The third-order valence-electron chi connectivity index (χ3n) is 2.01. The van der Waals surface area contributed by atoms with Gasteiger partial charge in [0.25, 0.3) is 0 Å². The van der Waals surface area contributed by atoms with Crippen LogP contribution >= 0.6 is 0 Å². The molecule has 0 unspecified atom stereocenters. The first kappa shape index (κ1) is 8.62. The van der Waals surface area contributed by atoms with Crippen LogP contribution in [-0.4, -0.2) is 21.5 Å². The minimum Gasteiger partial charge on any atom is -0.297 e. The van der Waals surface area contributed by atoms with E-state index in [-0.39, 0.29) is 11.5 Å². The molecule has 14 heavy (non-hydrogen) atoms. The SMILES string of the molecule is CC(=O)c1nc2ccccn2c1C=O. The van der Waals surface area contributed by atoms with Crippen molar-refractivity contribution in [3.8, 4) is 0 Å². The molecule has 0 N–H and O–H groups in total. The molecule has 4 heteroatoms. The summed E-state index contributed by atoms with van der Waals surface area (Å²) < 4.78 is 1.60. The van der Waals surface area contributed by atoms with Crippen LogP contribution in [0, 0.1) is 0 Å². The van der Waals surface area contributed by atoms with Crippen molar-refractivity contribution in [2.75, 3.05) is 0 Å². The van der Waals surface area contributed by atoms with E-state index < -0.39 is 0 Å². The van der Waals surface area contributed by atoms with Gasteiger partial charge in [0.15, 0.2) is 12.1 Å². The van der Waals surface area contributed by atoms with Gasteiger partial charge in [0.2, 0.25) is 0 Å². The molecule has 0 saturated carbocycles. The zero-order chi connectivity index (χ0) is 10.1. The maximum atomic E-state index is 11.2. The van der Waals surface area contributed by atoms with Crippen molar-refractivity contribution in [3.63, 3.8) is 0 Å². The quantitative estimate of drug-likeness (QED) is 0.528. The van der Waals surface area contributed by atoms with Crippen molar-refractivity contribution in [1.29, 1.82) is 0 Å². The number of aromatic nitrogens is 2. The number of hydrogen-bond acceptors (Lipinski definition) is 3. The number of fused-ring (bicyclic) bond motifs is 1. The molecular formula is C10H8N2O2. The third kappa shape index (κ3) is 1.12. The predicted octanol–water partition coefficient (Wildman–Crippen LogP) is 1.35. The molecule has 0 bridgehead atoms. The molecule has 0 aliphatic carbocycles. The summed E-state index contributed by atoms with van der Waals surface area (Å²) in [6.07, 6.45) is 2.36. The Kier molecular flexibility index (Phi) is 1.89. The van der Waals surface area contributed by atoms with Gasteiger partial charge in [-0.1, -0.05) is 6.07 Å². The average molecular weight is 188 g/mol. The number of carbonyl (C=O) groups excluding carboxylic acids is 2. The van der Waals surface area contributed by atoms with Crippen LogP contribution in [-0.2, 0) is 0 Å². The minimum atomic E-state index is -0.198. The Bertz CT molecular complexity index is 514. The molecule has 0 aliphatic rings. The molecule has 70 valence electrons. The second-order valence-corrected chi connectivity index (χ2v) is 2.95. The highest BCUT2D eigenvalue weighted by Crippen LogP contribution is 2.10. The summed E-state index contributed by atoms with van der Waals surface area (Å²) in [6, 6.07) is 5.34. The van der Waals surface area contributed by atoms with Gasteiger partial charge >= 0.3 is 0 Å². The van der Waals surface area contributed by atoms with E-state index in [9.17, 15) is 9.59 Å². The van der Waals surface area contributed by atoms with Gasteiger partial charge in [-0.05, 0) is 12.1 Å². The normalized spacial score (nSPS) is 10.4. The lowest BCUT2D eigenvalue weighted by Crippen LogP contribution is -1.99. The lowest BCUT2D eigenvalue weighted by molar-refractivity contribution is 0.100. The number of nitrogens with zero attached hydrogens (tertiary/aromatic N) is 2. The summed E-state index contributed by atoms with van der Waals surface area (Å²) in [6.45, 7) is 1.40. The van der Waals surface area contributed by atoms with Gasteiger partial charge in [0.05, 0.1) is 0 Å². The van der Waals surface area contributed by atoms with Gasteiger partial charge in [-0.3, -0.25) is 14.0 Å². The molecule has 0 fully saturated rings. The molecule has 2 rings (SSSR count). The Morgan fingerprint density at radius 2 is 2.29 bits per heavy atom. The highest BCUT2D eigenvalue weighted by atomic mass is 16.1. The summed E-state index contributed by atoms with van der Waals surface area (Å²) in [5.41, 5.74) is 1.15. The zero-order valence-electron chi connectivity index (χ0n) is 7.60. The highest BCUT2D eigenvalue weighted by Gasteiger charge is 2.13. The van der Waals surface area contributed by atoms with Crippen LogP contribution in [0.1, 0.15) is 27.9 Å². The van der Waals surface area contributed by atoms with E-state index in [0.717, 1.165) is 0 Å². The lowest BCUT2D eigenvalue weighted by Gasteiger charge is -1.92. The second-order valence-electron chi connectivity index (χ2n) is 2.95. The molecule has 0 spiro atoms. The first-order valence-electron chi connectivity index (χ1n) is 4.17. The van der Waals surface area contributed by atoms with E-state index >= 15 is 0 Å². The van der Waals surface area contributed by atoms with E-state index in [1.54, 1.807) is 28.8 Å². The van der Waals surface area contributed by atoms with E-state index in [1.165, 1.54) is 6.92 Å². The highest BCUT2D eigenvalue weighted by molar-refractivity contribution is 5.99. The summed E-state index contributed by atoms with van der Waals surface area (Å²) in [5.74, 6) is -0.198. The average Bonchev–Trinajstić information content (AvgIpc) is 2.56. The van der Waals surface area contributed by atoms with Gasteiger partial charge in [-0.25, -0.2) is 4.98 Å². The smallest absolute Gasteiger partial charge is 0.180 e. The molecule has 0 radical (unpaired) electrons. The number of imidazole rings is 1. The number of carbonyl (C=O) groups is 2. The molecule has 2 heterocycles. The molecule has 0 amide bonds. The maximum absolute atomic E-state index is 11.2. The minimum absolute atomic E-state index is 0.198. The molecule has 0 aromatic carbocycles. The van der Waals surface area contributed by atoms with Crippen LogP contribution in [0.3, 0.4) is 0 Å². The van der Waals surface area contributed by atoms with Gasteiger partial charge in [0, 0.05) is 13.1 Å². The molecule has 0 atom stereocenters. The molecular weight excluding hydrogens is 180 g/mol. The van der Waals surface area contributed by atoms with Gasteiger partial charge in [-0.15, -0.1) is 0 Å². The van der Waals surface area contributed by atoms with E-state index in [2.05, 4.69) is 4.98 Å². The topological polar surface area (TPSA) is 51.4 Å². The Morgan fingerprint density at radius 3 is 2.93 bits per heavy atom. The molecule has 2 aromatic heterocycles. The predicted molar refractivity (Wildman–Crippen MR) is 50.6 cm³/mol. The van der Waals surface area contributed by atoms with Crippen molar-refractivity contribution in [1.82, 2.24) is 9.38 Å². The fourth-order valence-electron chi connectivity index (χ4n) is 1.39. The van der Waals surface area contributed by atoms with E-state index in [1.807, 2.05) is 0 Å². The monoisotopic (exact) mass is 188 g/mol. The van der Waals surface area contributed by atoms with Crippen molar-refractivity contribution < 1.29 is 9.59 Å². The summed E-state index contributed by atoms with van der Waals surface area (Å²) in [7, 11) is 0. The van der Waals surface area contributed by atoms with E-state index in [0.29, 0.717) is 17.6 Å². The molecule has 0 saturated heterocycles. The van der Waals surface area contributed by atoms with Crippen molar-refractivity contribution >= 4 is 17.7 Å². The number of Topliss-reactive ketones (excluding diaryl/α,β-unsaturated/α-hetero) is 1. The second kappa shape index (κ2) is 3.06. The Morgan fingerprint density at radius 1 is 1.50 bits per heavy atom. The Hall–Kier alpha value is -1.97. The molecule has 2 aromatic rings. The third-order valence-corrected chi connectivity index (χ3v) is 2.01. The van der Waals surface area contributed by atoms with Crippen LogP contribution in [0.25, 0.3) is 5.65 Å². The largest absolute Gasteiger partial charge is 0.297 e. The lowest BCUT2D eigenvalue weighted by atomic mass is 10.2. The van der Waals surface area contributed by atoms with Crippen LogP contribution in [0.4, 0.5) is 0 Å². The zero-order valence-corrected chi connectivity index (χ0v) is 7.60. The number of rotatable bonds is 2.